The fraction of sp³-hybridized carbons (Fsp3) is 0.850. The van der Waals surface area contributed by atoms with E-state index >= 15 is 0 Å². The third-order valence-corrected chi connectivity index (χ3v) is 7.39. The first-order chi connectivity index (χ1) is 11.1. The van der Waals surface area contributed by atoms with Crippen LogP contribution in [0.1, 0.15) is 58.3 Å². The first-order valence-electron chi connectivity index (χ1n) is 9.78. The van der Waals surface area contributed by atoms with E-state index in [-0.39, 0.29) is 18.0 Å². The maximum absolute atomic E-state index is 12.5. The number of hydrogen-bond donors (Lipinski definition) is 1. The van der Waals surface area contributed by atoms with Crippen molar-refractivity contribution in [3.05, 3.63) is 12.2 Å². The van der Waals surface area contributed by atoms with Crippen LogP contribution in [0.15, 0.2) is 12.2 Å². The van der Waals surface area contributed by atoms with Crippen molar-refractivity contribution in [3.63, 3.8) is 0 Å². The van der Waals surface area contributed by atoms with Crippen molar-refractivity contribution in [1.29, 1.82) is 0 Å². The summed E-state index contributed by atoms with van der Waals surface area (Å²) in [7, 11) is 0. The Bertz CT molecular complexity index is 496. The number of allylic oxidation sites excluding steroid dienone is 1. The van der Waals surface area contributed by atoms with Crippen LogP contribution in [0.4, 0.5) is 0 Å². The lowest BCUT2D eigenvalue weighted by atomic mass is 9.55. The molecule has 2 aliphatic carbocycles. The molecule has 4 rings (SSSR count). The van der Waals surface area contributed by atoms with Crippen LogP contribution in [0.3, 0.4) is 0 Å². The van der Waals surface area contributed by atoms with Crippen LogP contribution in [-0.4, -0.2) is 31.7 Å². The van der Waals surface area contributed by atoms with Gasteiger partial charge in [0.25, 0.3) is 0 Å². The van der Waals surface area contributed by atoms with Gasteiger partial charge in [-0.1, -0.05) is 19.1 Å². The largest absolute Gasteiger partial charge is 0.462 e. The molecule has 2 aliphatic heterocycles. The molecule has 128 valence electrons. The standard InChI is InChI=1S/C20H31NO2/c1-14-7-6-8-20(2)12-18-15(11-17(14)20)16(19(22)23-18)13-21-9-4-3-5-10-21/h15-18H,1,3-13H2,2H3/p+1/t15-,16+,17+,18+,20-/m0/s1. The van der Waals surface area contributed by atoms with E-state index < -0.39 is 0 Å². The second-order valence-corrected chi connectivity index (χ2v) is 8.92. The van der Waals surface area contributed by atoms with Gasteiger partial charge in [-0.3, -0.25) is 4.79 Å². The van der Waals surface area contributed by atoms with Crippen LogP contribution in [0.2, 0.25) is 0 Å². The van der Waals surface area contributed by atoms with Gasteiger partial charge in [0.2, 0.25) is 0 Å². The van der Waals surface area contributed by atoms with Crippen molar-refractivity contribution in [1.82, 2.24) is 0 Å². The number of esters is 1. The molecule has 0 aromatic heterocycles. The highest BCUT2D eigenvalue weighted by atomic mass is 16.6. The molecule has 0 aromatic rings. The molecule has 3 heteroatoms. The van der Waals surface area contributed by atoms with Crippen LogP contribution in [0.5, 0.6) is 0 Å². The normalized spacial score (nSPS) is 44.6. The van der Waals surface area contributed by atoms with Gasteiger partial charge in [-0.25, -0.2) is 0 Å². The Morgan fingerprint density at radius 2 is 2.04 bits per heavy atom. The summed E-state index contributed by atoms with van der Waals surface area (Å²) in [5.74, 6) is 1.31. The van der Waals surface area contributed by atoms with E-state index in [0.29, 0.717) is 17.3 Å². The third-order valence-electron chi connectivity index (χ3n) is 7.39. The zero-order chi connectivity index (χ0) is 16.0. The zero-order valence-corrected chi connectivity index (χ0v) is 14.6. The first kappa shape index (κ1) is 15.7. The third kappa shape index (κ3) is 2.75. The number of ether oxygens (including phenoxy) is 1. The van der Waals surface area contributed by atoms with E-state index in [4.69, 9.17) is 4.74 Å². The Labute approximate surface area is 140 Å². The van der Waals surface area contributed by atoms with Gasteiger partial charge in [0.15, 0.2) is 0 Å². The SMILES string of the molecule is C=C1CCC[C@@]2(C)C[C@H]3OC(=O)[C@H](C[NH+]4CCCCC4)[C@@H]3C[C@H]12. The summed E-state index contributed by atoms with van der Waals surface area (Å²) in [4.78, 5) is 14.2. The van der Waals surface area contributed by atoms with Crippen LogP contribution in [0, 0.1) is 23.2 Å². The number of hydrogen-bond acceptors (Lipinski definition) is 2. The van der Waals surface area contributed by atoms with Crippen LogP contribution < -0.4 is 4.90 Å². The molecule has 2 heterocycles. The van der Waals surface area contributed by atoms with Crippen LogP contribution in [0.25, 0.3) is 0 Å². The van der Waals surface area contributed by atoms with Crippen molar-refractivity contribution >= 4 is 5.97 Å². The molecule has 2 saturated carbocycles. The van der Waals surface area contributed by atoms with Crippen molar-refractivity contribution in [2.45, 2.75) is 64.4 Å². The summed E-state index contributed by atoms with van der Waals surface area (Å²) < 4.78 is 5.89. The maximum atomic E-state index is 12.5. The Balaban J connectivity index is 1.50. The van der Waals surface area contributed by atoms with E-state index in [0.717, 1.165) is 19.4 Å². The Morgan fingerprint density at radius 1 is 1.26 bits per heavy atom. The van der Waals surface area contributed by atoms with Crippen molar-refractivity contribution in [2.75, 3.05) is 19.6 Å². The molecule has 4 aliphatic rings. The fourth-order valence-electron chi connectivity index (χ4n) is 6.06. The summed E-state index contributed by atoms with van der Waals surface area (Å²) in [5.41, 5.74) is 1.77. The quantitative estimate of drug-likeness (QED) is 0.626. The average molecular weight is 318 g/mol. The summed E-state index contributed by atoms with van der Waals surface area (Å²) >= 11 is 0. The number of piperidine rings is 1. The number of quaternary nitrogens is 1. The highest BCUT2D eigenvalue weighted by molar-refractivity contribution is 5.75. The lowest BCUT2D eigenvalue weighted by Gasteiger charge is -2.50. The highest BCUT2D eigenvalue weighted by Gasteiger charge is 2.55. The molecule has 0 bridgehead atoms. The van der Waals surface area contributed by atoms with Crippen molar-refractivity contribution in [3.8, 4) is 0 Å². The van der Waals surface area contributed by atoms with E-state index in [9.17, 15) is 4.79 Å². The molecule has 0 unspecified atom stereocenters. The first-order valence-corrected chi connectivity index (χ1v) is 9.78. The molecular weight excluding hydrogens is 286 g/mol. The molecule has 5 atom stereocenters. The summed E-state index contributed by atoms with van der Waals surface area (Å²) in [6, 6.07) is 0. The Morgan fingerprint density at radius 3 is 2.83 bits per heavy atom. The molecule has 0 aromatic carbocycles. The summed E-state index contributed by atoms with van der Waals surface area (Å²) in [6.07, 6.45) is 10.1. The Kier molecular flexibility index (Phi) is 4.03. The molecule has 2 saturated heterocycles. The lowest BCUT2D eigenvalue weighted by Crippen LogP contribution is -3.13. The smallest absolute Gasteiger partial charge is 0.315 e. The molecule has 0 amide bonds. The highest BCUT2D eigenvalue weighted by Crippen LogP contribution is 2.56. The van der Waals surface area contributed by atoms with E-state index in [1.807, 2.05) is 0 Å². The van der Waals surface area contributed by atoms with E-state index in [2.05, 4.69) is 13.5 Å². The topological polar surface area (TPSA) is 30.7 Å². The number of fused-ring (bicyclic) bond motifs is 2. The van der Waals surface area contributed by atoms with Gasteiger partial charge in [-0.15, -0.1) is 0 Å². The molecule has 23 heavy (non-hydrogen) atoms. The van der Waals surface area contributed by atoms with Gasteiger partial charge >= 0.3 is 5.97 Å². The molecule has 0 spiro atoms. The maximum Gasteiger partial charge on any atom is 0.315 e. The number of rotatable bonds is 2. The Hall–Kier alpha value is -0.830. The van der Waals surface area contributed by atoms with Gasteiger partial charge in [0.1, 0.15) is 12.0 Å². The average Bonchev–Trinajstić information content (AvgIpc) is 2.81. The number of likely N-dealkylation sites (tertiary alicyclic amines) is 1. The number of nitrogens with one attached hydrogen (secondary N) is 1. The van der Waals surface area contributed by atoms with Gasteiger partial charge in [0.05, 0.1) is 19.6 Å². The lowest BCUT2D eigenvalue weighted by molar-refractivity contribution is -0.907. The minimum absolute atomic E-state index is 0.103. The minimum atomic E-state index is 0.103. The molecule has 3 nitrogen and oxygen atoms in total. The molecule has 0 radical (unpaired) electrons. The zero-order valence-electron chi connectivity index (χ0n) is 14.6. The van der Waals surface area contributed by atoms with Gasteiger partial charge < -0.3 is 9.64 Å². The second-order valence-electron chi connectivity index (χ2n) is 8.92. The number of carbonyl (C=O) groups is 1. The summed E-state index contributed by atoms with van der Waals surface area (Å²) in [5, 5.41) is 0. The minimum Gasteiger partial charge on any atom is -0.462 e. The van der Waals surface area contributed by atoms with Crippen LogP contribution in [-0.2, 0) is 9.53 Å². The monoisotopic (exact) mass is 318 g/mol. The second kappa shape index (κ2) is 5.91. The number of carbonyl (C=O) groups excluding carboxylic acids is 1. The molecule has 4 fully saturated rings. The summed E-state index contributed by atoms with van der Waals surface area (Å²) in [6.45, 7) is 10.3. The molecule has 1 N–H and O–H groups in total. The van der Waals surface area contributed by atoms with Crippen molar-refractivity contribution < 1.29 is 14.4 Å². The predicted octanol–water partition coefficient (Wildman–Crippen LogP) is 2.37. The van der Waals surface area contributed by atoms with E-state index in [1.165, 1.54) is 57.2 Å². The molecular formula is C20H32NO2+. The van der Waals surface area contributed by atoms with Gasteiger partial charge in [0, 0.05) is 5.92 Å². The van der Waals surface area contributed by atoms with Crippen molar-refractivity contribution in [2.24, 2.45) is 23.2 Å². The van der Waals surface area contributed by atoms with Crippen LogP contribution >= 0.6 is 0 Å². The van der Waals surface area contributed by atoms with E-state index in [1.54, 1.807) is 4.90 Å². The fourth-order valence-corrected chi connectivity index (χ4v) is 6.06. The predicted molar refractivity (Wildman–Crippen MR) is 90.1 cm³/mol. The van der Waals surface area contributed by atoms with Gasteiger partial charge in [-0.2, -0.15) is 0 Å². The van der Waals surface area contributed by atoms with Gasteiger partial charge in [-0.05, 0) is 62.7 Å².